The summed E-state index contributed by atoms with van der Waals surface area (Å²) in [6.45, 7) is 3.87. The molecule has 156 valence electrons. The van der Waals surface area contributed by atoms with Crippen molar-refractivity contribution in [3.63, 3.8) is 0 Å². The maximum absolute atomic E-state index is 10.1. The average molecular weight is 393 g/mol. The lowest BCUT2D eigenvalue weighted by atomic mass is 9.84. The Labute approximate surface area is 165 Å². The van der Waals surface area contributed by atoms with Gasteiger partial charge < -0.3 is 25.4 Å². The van der Waals surface area contributed by atoms with Crippen LogP contribution >= 0.6 is 0 Å². The molecule has 3 rings (SSSR count). The van der Waals surface area contributed by atoms with Gasteiger partial charge in [0.2, 0.25) is 0 Å². The topological polar surface area (TPSA) is 116 Å². The number of fused-ring (bicyclic) bond motifs is 2. The van der Waals surface area contributed by atoms with Gasteiger partial charge in [0.05, 0.1) is 19.3 Å². The number of benzene rings is 1. The Balaban J connectivity index is 0.000000409. The third kappa shape index (κ3) is 7.22. The van der Waals surface area contributed by atoms with Gasteiger partial charge in [-0.25, -0.2) is 9.59 Å². The summed E-state index contributed by atoms with van der Waals surface area (Å²) in [4.78, 5) is 18.2. The fourth-order valence-corrected chi connectivity index (χ4v) is 4.33. The molecule has 2 aliphatic carbocycles. The predicted octanol–water partition coefficient (Wildman–Crippen LogP) is 2.13. The lowest BCUT2D eigenvalue weighted by Gasteiger charge is -2.29. The van der Waals surface area contributed by atoms with Crippen LogP contribution < -0.4 is 5.32 Å². The summed E-state index contributed by atoms with van der Waals surface area (Å²) >= 11 is 0. The Bertz CT molecular complexity index is 611. The summed E-state index contributed by atoms with van der Waals surface area (Å²) in [6, 6.07) is 10.6. The standard InChI is InChI=1S/C19H29NO2.C2H2O4/c1-14(19-10-16-7-8-17(19)9-16)20-11-18(21)13-22-12-15-5-3-2-4-6-15;3-1(4)2(5)6/h2-6,14,16-21H,7-13H2,1H3;(H,3,4)(H,5,6). The first-order valence-electron chi connectivity index (χ1n) is 9.86. The SMILES string of the molecule is CC(NCC(O)COCc1ccccc1)C1CC2CCC1C2.O=C(O)C(=O)O. The van der Waals surface area contributed by atoms with E-state index in [4.69, 9.17) is 24.5 Å². The third-order valence-corrected chi connectivity index (χ3v) is 5.72. The van der Waals surface area contributed by atoms with Crippen molar-refractivity contribution in [2.75, 3.05) is 13.2 Å². The summed E-state index contributed by atoms with van der Waals surface area (Å²) in [6.07, 6.45) is 5.28. The van der Waals surface area contributed by atoms with Crippen molar-refractivity contribution < 1.29 is 29.6 Å². The molecule has 5 unspecified atom stereocenters. The van der Waals surface area contributed by atoms with Gasteiger partial charge >= 0.3 is 11.9 Å². The second-order valence-electron chi connectivity index (χ2n) is 7.80. The molecule has 0 saturated heterocycles. The Morgan fingerprint density at radius 3 is 2.36 bits per heavy atom. The fourth-order valence-electron chi connectivity index (χ4n) is 4.33. The number of rotatable bonds is 8. The van der Waals surface area contributed by atoms with E-state index in [2.05, 4.69) is 12.2 Å². The van der Waals surface area contributed by atoms with Crippen LogP contribution in [-0.4, -0.2) is 52.6 Å². The fraction of sp³-hybridized carbons (Fsp3) is 0.619. The molecule has 7 heteroatoms. The second kappa shape index (κ2) is 11.1. The minimum Gasteiger partial charge on any atom is -0.473 e. The molecule has 0 amide bonds. The highest BCUT2D eigenvalue weighted by molar-refractivity contribution is 6.27. The molecule has 5 atom stereocenters. The van der Waals surface area contributed by atoms with E-state index in [9.17, 15) is 5.11 Å². The van der Waals surface area contributed by atoms with Crippen molar-refractivity contribution in [3.8, 4) is 0 Å². The van der Waals surface area contributed by atoms with Gasteiger partial charge in [0, 0.05) is 12.6 Å². The molecular formula is C21H31NO6. The zero-order valence-electron chi connectivity index (χ0n) is 16.3. The molecule has 0 radical (unpaired) electrons. The number of ether oxygens (including phenoxy) is 1. The van der Waals surface area contributed by atoms with Crippen LogP contribution in [-0.2, 0) is 20.9 Å². The first-order valence-corrected chi connectivity index (χ1v) is 9.86. The molecule has 1 aromatic rings. The largest absolute Gasteiger partial charge is 0.473 e. The van der Waals surface area contributed by atoms with E-state index in [1.54, 1.807) is 0 Å². The van der Waals surface area contributed by atoms with Crippen LogP contribution in [0.1, 0.15) is 38.2 Å². The summed E-state index contributed by atoms with van der Waals surface area (Å²) < 4.78 is 5.60. The van der Waals surface area contributed by atoms with E-state index in [1.807, 2.05) is 30.3 Å². The van der Waals surface area contributed by atoms with Gasteiger partial charge in [-0.15, -0.1) is 0 Å². The lowest BCUT2D eigenvalue weighted by Crippen LogP contribution is -2.41. The van der Waals surface area contributed by atoms with Crippen LogP contribution in [0.2, 0.25) is 0 Å². The Hall–Kier alpha value is -1.96. The van der Waals surface area contributed by atoms with Gasteiger partial charge in [-0.2, -0.15) is 0 Å². The van der Waals surface area contributed by atoms with Gasteiger partial charge in [0.25, 0.3) is 0 Å². The molecule has 2 aliphatic rings. The van der Waals surface area contributed by atoms with Gasteiger partial charge in [-0.05, 0) is 49.5 Å². The van der Waals surface area contributed by atoms with Crippen molar-refractivity contribution in [3.05, 3.63) is 35.9 Å². The van der Waals surface area contributed by atoms with Crippen molar-refractivity contribution in [1.29, 1.82) is 0 Å². The normalized spacial score (nSPS) is 24.9. The van der Waals surface area contributed by atoms with E-state index in [0.717, 1.165) is 23.3 Å². The summed E-state index contributed by atoms with van der Waals surface area (Å²) in [5.74, 6) is -0.918. The van der Waals surface area contributed by atoms with Gasteiger partial charge in [-0.3, -0.25) is 0 Å². The van der Waals surface area contributed by atoms with Crippen molar-refractivity contribution in [1.82, 2.24) is 5.32 Å². The Kier molecular flexibility index (Phi) is 8.89. The molecule has 0 aromatic heterocycles. The Morgan fingerprint density at radius 2 is 1.82 bits per heavy atom. The quantitative estimate of drug-likeness (QED) is 0.500. The van der Waals surface area contributed by atoms with Crippen LogP contribution in [0.15, 0.2) is 30.3 Å². The van der Waals surface area contributed by atoms with E-state index in [1.165, 1.54) is 25.7 Å². The first-order chi connectivity index (χ1) is 13.4. The number of aliphatic carboxylic acids is 2. The van der Waals surface area contributed by atoms with E-state index in [0.29, 0.717) is 25.8 Å². The first kappa shape index (κ1) is 22.3. The molecule has 2 bridgehead atoms. The zero-order chi connectivity index (χ0) is 20.5. The third-order valence-electron chi connectivity index (χ3n) is 5.72. The highest BCUT2D eigenvalue weighted by Gasteiger charge is 2.41. The lowest BCUT2D eigenvalue weighted by molar-refractivity contribution is -0.159. The maximum Gasteiger partial charge on any atom is 0.414 e. The minimum absolute atomic E-state index is 0.394. The van der Waals surface area contributed by atoms with Gasteiger partial charge in [0.15, 0.2) is 0 Å². The number of hydrogen-bond acceptors (Lipinski definition) is 5. The average Bonchev–Trinajstić information content (AvgIpc) is 3.31. The monoisotopic (exact) mass is 393 g/mol. The van der Waals surface area contributed by atoms with E-state index < -0.39 is 18.0 Å². The number of nitrogens with one attached hydrogen (secondary N) is 1. The molecule has 4 N–H and O–H groups in total. The van der Waals surface area contributed by atoms with Crippen LogP contribution in [0.4, 0.5) is 0 Å². The van der Waals surface area contributed by atoms with Crippen LogP contribution in [0.25, 0.3) is 0 Å². The highest BCUT2D eigenvalue weighted by atomic mass is 16.5. The number of aliphatic hydroxyl groups is 1. The number of hydrogen-bond donors (Lipinski definition) is 4. The summed E-state index contributed by atoms with van der Waals surface area (Å²) in [5.41, 5.74) is 1.15. The van der Waals surface area contributed by atoms with Gasteiger partial charge in [0.1, 0.15) is 0 Å². The van der Waals surface area contributed by atoms with Gasteiger partial charge in [-0.1, -0.05) is 36.8 Å². The molecule has 7 nitrogen and oxygen atoms in total. The summed E-state index contributed by atoms with van der Waals surface area (Å²) in [7, 11) is 0. The minimum atomic E-state index is -1.82. The number of carboxylic acids is 2. The molecule has 0 heterocycles. The van der Waals surface area contributed by atoms with Crippen LogP contribution in [0.5, 0.6) is 0 Å². The molecule has 1 aromatic carbocycles. The second-order valence-corrected chi connectivity index (χ2v) is 7.80. The molecule has 28 heavy (non-hydrogen) atoms. The number of carbonyl (C=O) groups is 2. The van der Waals surface area contributed by atoms with E-state index in [-0.39, 0.29) is 0 Å². The van der Waals surface area contributed by atoms with Crippen molar-refractivity contribution >= 4 is 11.9 Å². The van der Waals surface area contributed by atoms with Crippen molar-refractivity contribution in [2.45, 2.75) is 51.4 Å². The molecule has 0 spiro atoms. The van der Waals surface area contributed by atoms with Crippen LogP contribution in [0.3, 0.4) is 0 Å². The molecule has 0 aliphatic heterocycles. The number of carboxylic acid groups (broad SMARTS) is 2. The zero-order valence-corrected chi connectivity index (χ0v) is 16.3. The van der Waals surface area contributed by atoms with Crippen LogP contribution in [0, 0.1) is 17.8 Å². The molecule has 2 fully saturated rings. The van der Waals surface area contributed by atoms with E-state index >= 15 is 0 Å². The molecular weight excluding hydrogens is 362 g/mol. The predicted molar refractivity (Wildman–Crippen MR) is 104 cm³/mol. The molecule has 2 saturated carbocycles. The smallest absolute Gasteiger partial charge is 0.414 e. The Morgan fingerprint density at radius 1 is 1.14 bits per heavy atom. The maximum atomic E-state index is 10.1. The van der Waals surface area contributed by atoms with Crippen molar-refractivity contribution in [2.24, 2.45) is 17.8 Å². The highest BCUT2D eigenvalue weighted by Crippen LogP contribution is 2.49. The summed E-state index contributed by atoms with van der Waals surface area (Å²) in [5, 5.41) is 28.4. The number of aliphatic hydroxyl groups excluding tert-OH is 1.